The van der Waals surface area contributed by atoms with E-state index in [1.807, 2.05) is 11.9 Å². The van der Waals surface area contributed by atoms with Gasteiger partial charge in [0.15, 0.2) is 0 Å². The first-order valence-corrected chi connectivity index (χ1v) is 6.36. The molecule has 0 bridgehead atoms. The van der Waals surface area contributed by atoms with Gasteiger partial charge in [0.2, 0.25) is 5.91 Å². The summed E-state index contributed by atoms with van der Waals surface area (Å²) in [6, 6.07) is -0.0627. The Morgan fingerprint density at radius 1 is 1.41 bits per heavy atom. The zero-order valence-electron chi connectivity index (χ0n) is 12.1. The average molecular weight is 241 g/mol. The first-order valence-electron chi connectivity index (χ1n) is 6.36. The van der Waals surface area contributed by atoms with Gasteiger partial charge < -0.3 is 10.6 Å². The number of carbonyl (C=O) groups excluding carboxylic acids is 1. The first kappa shape index (κ1) is 14.5. The fourth-order valence-electron chi connectivity index (χ4n) is 3.17. The van der Waals surface area contributed by atoms with E-state index < -0.39 is 0 Å². The van der Waals surface area contributed by atoms with Crippen LogP contribution < -0.4 is 5.73 Å². The molecule has 17 heavy (non-hydrogen) atoms. The molecule has 2 N–H and O–H groups in total. The number of amides is 1. The van der Waals surface area contributed by atoms with E-state index in [9.17, 15) is 4.79 Å². The molecule has 0 saturated carbocycles. The van der Waals surface area contributed by atoms with Gasteiger partial charge in [-0.1, -0.05) is 0 Å². The van der Waals surface area contributed by atoms with Gasteiger partial charge in [-0.15, -0.1) is 0 Å². The summed E-state index contributed by atoms with van der Waals surface area (Å²) in [4.78, 5) is 16.8. The second kappa shape index (κ2) is 4.58. The van der Waals surface area contributed by atoms with Gasteiger partial charge in [-0.25, -0.2) is 0 Å². The molecule has 1 aliphatic heterocycles. The van der Waals surface area contributed by atoms with Crippen LogP contribution in [0.5, 0.6) is 0 Å². The number of hydrogen-bond donors (Lipinski definition) is 1. The molecule has 0 radical (unpaired) electrons. The SMILES string of the molecule is CN1CC(C)(C)N(C(C)(C)C)C(=O)C1CCN. The summed E-state index contributed by atoms with van der Waals surface area (Å²) in [5, 5.41) is 0. The summed E-state index contributed by atoms with van der Waals surface area (Å²) in [6.07, 6.45) is 0.734. The van der Waals surface area contributed by atoms with Crippen molar-refractivity contribution in [1.82, 2.24) is 9.80 Å². The molecule has 1 saturated heterocycles. The number of rotatable bonds is 2. The van der Waals surface area contributed by atoms with Crippen molar-refractivity contribution in [2.24, 2.45) is 5.73 Å². The Kier molecular flexibility index (Phi) is 3.89. The fraction of sp³-hybridized carbons (Fsp3) is 0.923. The summed E-state index contributed by atoms with van der Waals surface area (Å²) in [6.45, 7) is 12.0. The van der Waals surface area contributed by atoms with Crippen LogP contribution in [-0.4, -0.2) is 53.0 Å². The van der Waals surface area contributed by atoms with Gasteiger partial charge in [-0.2, -0.15) is 0 Å². The van der Waals surface area contributed by atoms with Crippen LogP contribution in [0.15, 0.2) is 0 Å². The normalized spacial score (nSPS) is 26.4. The quantitative estimate of drug-likeness (QED) is 0.786. The number of nitrogens with zero attached hydrogens (tertiary/aromatic N) is 2. The average Bonchev–Trinajstić information content (AvgIpc) is 2.07. The minimum absolute atomic E-state index is 0.0627. The molecule has 100 valence electrons. The van der Waals surface area contributed by atoms with E-state index >= 15 is 0 Å². The highest BCUT2D eigenvalue weighted by Gasteiger charge is 2.47. The van der Waals surface area contributed by atoms with Crippen LogP contribution in [0.1, 0.15) is 41.0 Å². The predicted molar refractivity (Wildman–Crippen MR) is 70.8 cm³/mol. The number of hydrogen-bond acceptors (Lipinski definition) is 3. The monoisotopic (exact) mass is 241 g/mol. The number of likely N-dealkylation sites (N-methyl/N-ethyl adjacent to an activating group) is 1. The first-order chi connectivity index (χ1) is 7.61. The largest absolute Gasteiger partial charge is 0.330 e. The number of piperazine rings is 1. The Morgan fingerprint density at radius 2 is 1.94 bits per heavy atom. The summed E-state index contributed by atoms with van der Waals surface area (Å²) in [7, 11) is 2.01. The molecular weight excluding hydrogens is 214 g/mol. The zero-order chi connectivity index (χ0) is 13.4. The van der Waals surface area contributed by atoms with Gasteiger partial charge in [0, 0.05) is 12.1 Å². The van der Waals surface area contributed by atoms with Crippen molar-refractivity contribution in [3.63, 3.8) is 0 Å². The lowest BCUT2D eigenvalue weighted by Gasteiger charge is -2.55. The van der Waals surface area contributed by atoms with Crippen molar-refractivity contribution < 1.29 is 4.79 Å². The highest BCUT2D eigenvalue weighted by molar-refractivity contribution is 5.84. The van der Waals surface area contributed by atoms with Gasteiger partial charge in [0.25, 0.3) is 0 Å². The van der Waals surface area contributed by atoms with Gasteiger partial charge >= 0.3 is 0 Å². The molecule has 1 unspecified atom stereocenters. The second-order valence-corrected chi connectivity index (χ2v) is 6.67. The highest BCUT2D eigenvalue weighted by atomic mass is 16.2. The van der Waals surface area contributed by atoms with Crippen molar-refractivity contribution >= 4 is 5.91 Å². The van der Waals surface area contributed by atoms with Crippen LogP contribution in [0.3, 0.4) is 0 Å². The molecule has 4 heteroatoms. The molecule has 0 aromatic heterocycles. The van der Waals surface area contributed by atoms with Crippen molar-refractivity contribution in [2.75, 3.05) is 20.1 Å². The van der Waals surface area contributed by atoms with Gasteiger partial charge in [-0.3, -0.25) is 9.69 Å². The van der Waals surface area contributed by atoms with E-state index in [4.69, 9.17) is 5.73 Å². The summed E-state index contributed by atoms with van der Waals surface area (Å²) in [5.41, 5.74) is 5.33. The Bertz CT molecular complexity index is 294. The van der Waals surface area contributed by atoms with Crippen LogP contribution in [0.4, 0.5) is 0 Å². The molecule has 1 rings (SSSR count). The van der Waals surface area contributed by atoms with Crippen molar-refractivity contribution in [2.45, 2.75) is 58.2 Å². The molecule has 1 amide bonds. The molecule has 0 aliphatic carbocycles. The Labute approximate surface area is 105 Å². The predicted octanol–water partition coefficient (Wildman–Crippen LogP) is 1.05. The molecule has 0 spiro atoms. The summed E-state index contributed by atoms with van der Waals surface area (Å²) < 4.78 is 0. The fourth-order valence-corrected chi connectivity index (χ4v) is 3.17. The smallest absolute Gasteiger partial charge is 0.240 e. The molecule has 0 aromatic carbocycles. The van der Waals surface area contributed by atoms with Crippen LogP contribution in [0, 0.1) is 0 Å². The lowest BCUT2D eigenvalue weighted by atomic mass is 9.88. The van der Waals surface area contributed by atoms with E-state index in [0.29, 0.717) is 6.54 Å². The summed E-state index contributed by atoms with van der Waals surface area (Å²) in [5.74, 6) is 0.210. The van der Waals surface area contributed by atoms with Gasteiger partial charge in [-0.05, 0) is 54.6 Å². The maximum absolute atomic E-state index is 12.6. The lowest BCUT2D eigenvalue weighted by molar-refractivity contribution is -0.159. The highest BCUT2D eigenvalue weighted by Crippen LogP contribution is 2.32. The molecule has 0 aromatic rings. The van der Waals surface area contributed by atoms with Gasteiger partial charge in [0.05, 0.1) is 11.6 Å². The van der Waals surface area contributed by atoms with E-state index in [1.165, 1.54) is 0 Å². The Hall–Kier alpha value is -0.610. The third kappa shape index (κ3) is 2.80. The maximum Gasteiger partial charge on any atom is 0.240 e. The molecule has 4 nitrogen and oxygen atoms in total. The Balaban J connectivity index is 3.05. The molecule has 1 heterocycles. The van der Waals surface area contributed by atoms with Crippen LogP contribution >= 0.6 is 0 Å². The minimum atomic E-state index is -0.144. The third-order valence-electron chi connectivity index (χ3n) is 3.39. The molecule has 1 atom stereocenters. The number of carbonyl (C=O) groups is 1. The van der Waals surface area contributed by atoms with E-state index in [2.05, 4.69) is 39.5 Å². The van der Waals surface area contributed by atoms with Crippen LogP contribution in [0.25, 0.3) is 0 Å². The lowest BCUT2D eigenvalue weighted by Crippen LogP contribution is -2.70. The van der Waals surface area contributed by atoms with E-state index in [1.54, 1.807) is 0 Å². The molecule has 1 fully saturated rings. The standard InChI is InChI=1S/C13H27N3O/c1-12(2,3)16-11(17)10(7-8-14)15(6)9-13(16,4)5/h10H,7-9,14H2,1-6H3. The topological polar surface area (TPSA) is 49.6 Å². The van der Waals surface area contributed by atoms with Crippen LogP contribution in [0.2, 0.25) is 0 Å². The Morgan fingerprint density at radius 3 is 2.35 bits per heavy atom. The molecule has 1 aliphatic rings. The second-order valence-electron chi connectivity index (χ2n) is 6.67. The van der Waals surface area contributed by atoms with E-state index in [-0.39, 0.29) is 23.0 Å². The van der Waals surface area contributed by atoms with E-state index in [0.717, 1.165) is 13.0 Å². The molecular formula is C13H27N3O. The van der Waals surface area contributed by atoms with Crippen molar-refractivity contribution in [3.05, 3.63) is 0 Å². The van der Waals surface area contributed by atoms with Crippen molar-refractivity contribution in [3.8, 4) is 0 Å². The minimum Gasteiger partial charge on any atom is -0.330 e. The van der Waals surface area contributed by atoms with Gasteiger partial charge in [0.1, 0.15) is 0 Å². The summed E-state index contributed by atoms with van der Waals surface area (Å²) >= 11 is 0. The maximum atomic E-state index is 12.6. The third-order valence-corrected chi connectivity index (χ3v) is 3.39. The number of nitrogens with two attached hydrogens (primary N) is 1. The zero-order valence-corrected chi connectivity index (χ0v) is 12.1. The van der Waals surface area contributed by atoms with Crippen molar-refractivity contribution in [1.29, 1.82) is 0 Å². The van der Waals surface area contributed by atoms with Crippen LogP contribution in [-0.2, 0) is 4.79 Å².